The maximum absolute atomic E-state index is 10.1. The van der Waals surface area contributed by atoms with Crippen LogP contribution in [0.2, 0.25) is 0 Å². The molecular weight excluding hydrogens is 296 g/mol. The highest BCUT2D eigenvalue weighted by molar-refractivity contribution is 5.09. The Bertz CT molecular complexity index is 475. The summed E-state index contributed by atoms with van der Waals surface area (Å²) in [5.74, 6) is 4.21. The molecule has 0 amide bonds. The predicted molar refractivity (Wildman–Crippen MR) is 97.5 cm³/mol. The fourth-order valence-corrected chi connectivity index (χ4v) is 8.14. The highest BCUT2D eigenvalue weighted by Gasteiger charge is 2.59. The fraction of sp³-hybridized carbons (Fsp3) is 1.00. The molecule has 0 bridgehead atoms. The Morgan fingerprint density at radius 3 is 2.38 bits per heavy atom. The molecule has 0 aromatic rings. The van der Waals surface area contributed by atoms with Crippen LogP contribution in [0.1, 0.15) is 85.0 Å². The van der Waals surface area contributed by atoms with Crippen LogP contribution < -0.4 is 0 Å². The molecule has 0 saturated heterocycles. The van der Waals surface area contributed by atoms with Crippen molar-refractivity contribution in [2.45, 2.75) is 97.2 Å². The second-order valence-electron chi connectivity index (χ2n) is 10.5. The molecule has 0 radical (unpaired) electrons. The number of aliphatic hydroxyl groups is 2. The summed E-state index contributed by atoms with van der Waals surface area (Å²) in [6.07, 6.45) is 12.4. The van der Waals surface area contributed by atoms with Gasteiger partial charge in [-0.25, -0.2) is 0 Å². The van der Waals surface area contributed by atoms with Crippen molar-refractivity contribution in [3.05, 3.63) is 0 Å². The van der Waals surface area contributed by atoms with E-state index in [0.29, 0.717) is 10.8 Å². The van der Waals surface area contributed by atoms with Crippen molar-refractivity contribution in [1.82, 2.24) is 0 Å². The first kappa shape index (κ1) is 17.3. The van der Waals surface area contributed by atoms with E-state index in [1.54, 1.807) is 0 Å². The Morgan fingerprint density at radius 1 is 0.917 bits per heavy atom. The van der Waals surface area contributed by atoms with Crippen LogP contribution in [0.4, 0.5) is 0 Å². The topological polar surface area (TPSA) is 40.5 Å². The van der Waals surface area contributed by atoms with Crippen LogP contribution in [-0.4, -0.2) is 22.4 Å². The van der Waals surface area contributed by atoms with Crippen molar-refractivity contribution in [1.29, 1.82) is 0 Å². The summed E-state index contributed by atoms with van der Waals surface area (Å²) in [5, 5.41) is 20.1. The first-order valence-corrected chi connectivity index (χ1v) is 10.7. The smallest absolute Gasteiger partial charge is 0.0543 e. The molecule has 4 aliphatic rings. The monoisotopic (exact) mass is 334 g/mol. The van der Waals surface area contributed by atoms with E-state index in [0.717, 1.165) is 48.9 Å². The van der Waals surface area contributed by atoms with E-state index in [-0.39, 0.29) is 12.2 Å². The van der Waals surface area contributed by atoms with Gasteiger partial charge in [0.15, 0.2) is 0 Å². The zero-order chi connectivity index (χ0) is 17.1. The molecule has 9 atom stereocenters. The van der Waals surface area contributed by atoms with E-state index in [2.05, 4.69) is 13.8 Å². The van der Waals surface area contributed by atoms with Crippen LogP contribution in [0.3, 0.4) is 0 Å². The van der Waals surface area contributed by atoms with Crippen LogP contribution in [-0.2, 0) is 0 Å². The van der Waals surface area contributed by atoms with E-state index in [9.17, 15) is 10.2 Å². The van der Waals surface area contributed by atoms with E-state index in [1.807, 2.05) is 6.92 Å². The average molecular weight is 335 g/mol. The lowest BCUT2D eigenvalue weighted by Crippen LogP contribution is -2.54. The van der Waals surface area contributed by atoms with Crippen molar-refractivity contribution in [2.24, 2.45) is 40.4 Å². The molecule has 138 valence electrons. The molecule has 0 aliphatic heterocycles. The lowest BCUT2D eigenvalue weighted by molar-refractivity contribution is -0.128. The molecule has 4 rings (SSSR count). The van der Waals surface area contributed by atoms with Crippen LogP contribution in [0.5, 0.6) is 0 Å². The lowest BCUT2D eigenvalue weighted by atomic mass is 9.44. The Labute approximate surface area is 148 Å². The summed E-state index contributed by atoms with van der Waals surface area (Å²) in [5.41, 5.74) is 0.974. The van der Waals surface area contributed by atoms with Crippen molar-refractivity contribution >= 4 is 0 Å². The van der Waals surface area contributed by atoms with Gasteiger partial charge in [-0.3, -0.25) is 0 Å². The second kappa shape index (κ2) is 5.98. The molecule has 4 fully saturated rings. The Morgan fingerprint density at radius 2 is 1.62 bits per heavy atom. The standard InChI is InChI=1S/C22H38O2/c1-14(23)12-15-5-7-19-18-6-4-16-13-17(24)8-10-21(16,2)20(18)9-11-22(15,19)3/h14-20,23-24H,4-13H2,1-3H3. The second-order valence-corrected chi connectivity index (χ2v) is 10.5. The normalized spacial score (nSPS) is 55.4. The van der Waals surface area contributed by atoms with Gasteiger partial charge in [0.25, 0.3) is 0 Å². The first-order chi connectivity index (χ1) is 11.3. The number of hydrogen-bond donors (Lipinski definition) is 2. The van der Waals surface area contributed by atoms with Crippen LogP contribution >= 0.6 is 0 Å². The van der Waals surface area contributed by atoms with E-state index in [1.165, 1.54) is 44.9 Å². The summed E-state index contributed by atoms with van der Waals surface area (Å²) in [4.78, 5) is 0. The molecule has 4 saturated carbocycles. The molecular formula is C22H38O2. The Kier molecular flexibility index (Phi) is 4.32. The summed E-state index contributed by atoms with van der Waals surface area (Å²) >= 11 is 0. The molecule has 2 nitrogen and oxygen atoms in total. The zero-order valence-corrected chi connectivity index (χ0v) is 16.0. The minimum Gasteiger partial charge on any atom is -0.393 e. The number of fused-ring (bicyclic) bond motifs is 5. The fourth-order valence-electron chi connectivity index (χ4n) is 8.14. The van der Waals surface area contributed by atoms with Crippen LogP contribution in [0.15, 0.2) is 0 Å². The maximum atomic E-state index is 10.1. The van der Waals surface area contributed by atoms with Gasteiger partial charge in [-0.2, -0.15) is 0 Å². The Hall–Kier alpha value is -0.0800. The highest BCUT2D eigenvalue weighted by atomic mass is 16.3. The third kappa shape index (κ3) is 2.50. The van der Waals surface area contributed by atoms with Crippen LogP contribution in [0.25, 0.3) is 0 Å². The molecule has 0 aromatic carbocycles. The van der Waals surface area contributed by atoms with Gasteiger partial charge < -0.3 is 10.2 Å². The van der Waals surface area contributed by atoms with Crippen molar-refractivity contribution in [3.63, 3.8) is 0 Å². The SMILES string of the molecule is CC(O)CC1CCC2C3CCC4CC(O)CCC4(C)C3CCC12C. The minimum absolute atomic E-state index is 0.0321. The third-order valence-electron chi connectivity index (χ3n) is 9.46. The van der Waals surface area contributed by atoms with Crippen molar-refractivity contribution < 1.29 is 10.2 Å². The third-order valence-corrected chi connectivity index (χ3v) is 9.46. The zero-order valence-electron chi connectivity index (χ0n) is 16.0. The largest absolute Gasteiger partial charge is 0.393 e. The van der Waals surface area contributed by atoms with Gasteiger partial charge >= 0.3 is 0 Å². The molecule has 0 heterocycles. The average Bonchev–Trinajstić information content (AvgIpc) is 2.84. The summed E-state index contributed by atoms with van der Waals surface area (Å²) in [7, 11) is 0. The Balaban J connectivity index is 1.56. The molecule has 9 unspecified atom stereocenters. The molecule has 4 aliphatic carbocycles. The number of rotatable bonds is 2. The summed E-state index contributed by atoms with van der Waals surface area (Å²) in [6, 6.07) is 0. The highest BCUT2D eigenvalue weighted by Crippen LogP contribution is 2.67. The van der Waals surface area contributed by atoms with E-state index >= 15 is 0 Å². The maximum Gasteiger partial charge on any atom is 0.0543 e. The quantitative estimate of drug-likeness (QED) is 0.763. The molecule has 0 aromatic heterocycles. The van der Waals surface area contributed by atoms with Crippen molar-refractivity contribution in [3.8, 4) is 0 Å². The first-order valence-electron chi connectivity index (χ1n) is 10.7. The summed E-state index contributed by atoms with van der Waals surface area (Å²) in [6.45, 7) is 7.11. The van der Waals surface area contributed by atoms with E-state index < -0.39 is 0 Å². The van der Waals surface area contributed by atoms with Gasteiger partial charge in [-0.1, -0.05) is 13.8 Å². The molecule has 24 heavy (non-hydrogen) atoms. The van der Waals surface area contributed by atoms with Crippen molar-refractivity contribution in [2.75, 3.05) is 0 Å². The molecule has 2 N–H and O–H groups in total. The van der Waals surface area contributed by atoms with E-state index in [4.69, 9.17) is 0 Å². The minimum atomic E-state index is -0.142. The molecule has 2 heteroatoms. The lowest BCUT2D eigenvalue weighted by Gasteiger charge is -2.61. The van der Waals surface area contributed by atoms with Crippen LogP contribution in [0, 0.1) is 40.4 Å². The number of hydrogen-bond acceptors (Lipinski definition) is 2. The van der Waals surface area contributed by atoms with Gasteiger partial charge in [0.1, 0.15) is 0 Å². The van der Waals surface area contributed by atoms with Gasteiger partial charge in [-0.15, -0.1) is 0 Å². The number of aliphatic hydroxyl groups excluding tert-OH is 2. The molecule has 0 spiro atoms. The van der Waals surface area contributed by atoms with Gasteiger partial charge in [0.2, 0.25) is 0 Å². The van der Waals surface area contributed by atoms with Gasteiger partial charge in [0, 0.05) is 0 Å². The van der Waals surface area contributed by atoms with Gasteiger partial charge in [0.05, 0.1) is 12.2 Å². The van der Waals surface area contributed by atoms with Gasteiger partial charge in [-0.05, 0) is 112 Å². The predicted octanol–water partition coefficient (Wildman–Crippen LogP) is 4.78. The summed E-state index contributed by atoms with van der Waals surface area (Å²) < 4.78 is 0.